The maximum atomic E-state index is 12.8. The van der Waals surface area contributed by atoms with E-state index in [0.717, 1.165) is 5.69 Å². The van der Waals surface area contributed by atoms with Gasteiger partial charge in [-0.05, 0) is 48.5 Å². The smallest absolute Gasteiger partial charge is 0.251 e. The number of anilines is 1. The van der Waals surface area contributed by atoms with Gasteiger partial charge in [0.05, 0.1) is 30.3 Å². The first-order valence-electron chi connectivity index (χ1n) is 10.3. The molecule has 33 heavy (non-hydrogen) atoms. The monoisotopic (exact) mass is 469 g/mol. The second kappa shape index (κ2) is 9.94. The third-order valence-corrected chi connectivity index (χ3v) is 6.93. The molecule has 0 unspecified atom stereocenters. The molecule has 1 aromatic heterocycles. The summed E-state index contributed by atoms with van der Waals surface area (Å²) in [6.45, 7) is 0.935. The highest BCUT2D eigenvalue weighted by atomic mass is 32.2. The van der Waals surface area contributed by atoms with E-state index in [1.54, 1.807) is 23.0 Å². The maximum absolute atomic E-state index is 12.8. The molecular formula is C22H23N5O5S. The Hall–Kier alpha value is -3.54. The van der Waals surface area contributed by atoms with Gasteiger partial charge in [0.25, 0.3) is 5.91 Å². The lowest BCUT2D eigenvalue weighted by Crippen LogP contribution is -2.40. The van der Waals surface area contributed by atoms with Crippen LogP contribution in [0.15, 0.2) is 71.9 Å². The Morgan fingerprint density at radius 3 is 2.48 bits per heavy atom. The van der Waals surface area contributed by atoms with Gasteiger partial charge in [0.15, 0.2) is 0 Å². The van der Waals surface area contributed by atoms with Crippen molar-refractivity contribution in [1.82, 2.24) is 19.4 Å². The van der Waals surface area contributed by atoms with Gasteiger partial charge >= 0.3 is 0 Å². The number of benzene rings is 2. The topological polar surface area (TPSA) is 123 Å². The summed E-state index contributed by atoms with van der Waals surface area (Å²) in [5, 5.41) is 9.36. The number of hydrogen-bond donors (Lipinski definition) is 2. The van der Waals surface area contributed by atoms with Crippen molar-refractivity contribution >= 4 is 27.5 Å². The highest BCUT2D eigenvalue weighted by Gasteiger charge is 2.26. The van der Waals surface area contributed by atoms with Crippen LogP contribution in [0.4, 0.5) is 5.69 Å². The first-order valence-corrected chi connectivity index (χ1v) is 11.7. The van der Waals surface area contributed by atoms with Crippen LogP contribution >= 0.6 is 0 Å². The van der Waals surface area contributed by atoms with E-state index in [2.05, 4.69) is 15.7 Å². The van der Waals surface area contributed by atoms with Gasteiger partial charge in [0.1, 0.15) is 0 Å². The second-order valence-corrected chi connectivity index (χ2v) is 9.21. The normalized spacial score (nSPS) is 14.5. The zero-order chi connectivity index (χ0) is 23.3. The highest BCUT2D eigenvalue weighted by molar-refractivity contribution is 7.89. The standard InChI is InChI=1S/C22H23N5O5S/c28-21(25-18-5-7-19(8-6-18)27-10-2-9-24-27)16-23-22(29)17-3-1-4-20(15-17)33(30,31)26-11-13-32-14-12-26/h1-10,15H,11-14,16H2,(H,23,29)(H,25,28). The Labute approximate surface area is 191 Å². The molecule has 2 amide bonds. The van der Waals surface area contributed by atoms with Crippen molar-refractivity contribution in [3.63, 3.8) is 0 Å². The lowest BCUT2D eigenvalue weighted by atomic mass is 10.2. The van der Waals surface area contributed by atoms with Gasteiger partial charge in [-0.15, -0.1) is 0 Å². The number of sulfonamides is 1. The molecule has 0 bridgehead atoms. The van der Waals surface area contributed by atoms with Gasteiger partial charge in [0, 0.05) is 36.7 Å². The number of nitrogens with one attached hydrogen (secondary N) is 2. The lowest BCUT2D eigenvalue weighted by molar-refractivity contribution is -0.115. The fraction of sp³-hybridized carbons (Fsp3) is 0.227. The summed E-state index contributed by atoms with van der Waals surface area (Å²) in [6, 6.07) is 14.7. The minimum absolute atomic E-state index is 0.0266. The van der Waals surface area contributed by atoms with Gasteiger partial charge in [-0.2, -0.15) is 9.40 Å². The van der Waals surface area contributed by atoms with Crippen LogP contribution in [-0.4, -0.2) is 67.2 Å². The SMILES string of the molecule is O=C(CNC(=O)c1cccc(S(=O)(=O)N2CCOCC2)c1)Nc1ccc(-n2cccn2)cc1. The minimum atomic E-state index is -3.72. The van der Waals surface area contributed by atoms with Crippen molar-refractivity contribution in [1.29, 1.82) is 0 Å². The maximum Gasteiger partial charge on any atom is 0.251 e. The number of morpholine rings is 1. The average Bonchev–Trinajstić information content (AvgIpc) is 3.39. The van der Waals surface area contributed by atoms with E-state index in [-0.39, 0.29) is 30.1 Å². The second-order valence-electron chi connectivity index (χ2n) is 7.27. The number of nitrogens with zero attached hydrogens (tertiary/aromatic N) is 3. The van der Waals surface area contributed by atoms with Crippen LogP contribution in [-0.2, 0) is 19.6 Å². The fourth-order valence-electron chi connectivity index (χ4n) is 3.32. The molecule has 0 atom stereocenters. The van der Waals surface area contributed by atoms with Gasteiger partial charge in [-0.25, -0.2) is 13.1 Å². The van der Waals surface area contributed by atoms with E-state index in [9.17, 15) is 18.0 Å². The quantitative estimate of drug-likeness (QED) is 0.537. The number of hydrogen-bond acceptors (Lipinski definition) is 6. The van der Waals surface area contributed by atoms with Gasteiger partial charge in [-0.3, -0.25) is 9.59 Å². The Morgan fingerprint density at radius 2 is 1.79 bits per heavy atom. The predicted molar refractivity (Wildman–Crippen MR) is 121 cm³/mol. The summed E-state index contributed by atoms with van der Waals surface area (Å²) in [7, 11) is -3.72. The summed E-state index contributed by atoms with van der Waals surface area (Å²) in [4.78, 5) is 24.8. The third kappa shape index (κ3) is 5.45. The molecule has 1 aliphatic heterocycles. The molecule has 0 spiro atoms. The molecule has 2 aromatic carbocycles. The zero-order valence-corrected chi connectivity index (χ0v) is 18.5. The largest absolute Gasteiger partial charge is 0.379 e. The van der Waals surface area contributed by atoms with Crippen molar-refractivity contribution in [2.75, 3.05) is 38.2 Å². The Balaban J connectivity index is 1.34. The molecule has 11 heteroatoms. The molecular weight excluding hydrogens is 446 g/mol. The van der Waals surface area contributed by atoms with E-state index >= 15 is 0 Å². The first-order chi connectivity index (χ1) is 15.9. The molecule has 1 saturated heterocycles. The number of ether oxygens (including phenoxy) is 1. The third-order valence-electron chi connectivity index (χ3n) is 5.03. The lowest BCUT2D eigenvalue weighted by Gasteiger charge is -2.26. The molecule has 0 saturated carbocycles. The number of carbonyl (C=O) groups excluding carboxylic acids is 2. The van der Waals surface area contributed by atoms with Crippen molar-refractivity contribution in [3.8, 4) is 5.69 Å². The van der Waals surface area contributed by atoms with Crippen molar-refractivity contribution in [2.45, 2.75) is 4.90 Å². The summed E-state index contributed by atoms with van der Waals surface area (Å²) in [5.74, 6) is -0.953. The van der Waals surface area contributed by atoms with Crippen LogP contribution in [0.2, 0.25) is 0 Å². The molecule has 10 nitrogen and oxygen atoms in total. The summed E-state index contributed by atoms with van der Waals surface area (Å²) < 4.78 is 33.8. The fourth-order valence-corrected chi connectivity index (χ4v) is 4.78. The van der Waals surface area contributed by atoms with Crippen molar-refractivity contribution in [2.24, 2.45) is 0 Å². The van der Waals surface area contributed by atoms with Crippen molar-refractivity contribution < 1.29 is 22.7 Å². The highest BCUT2D eigenvalue weighted by Crippen LogP contribution is 2.18. The van der Waals surface area contributed by atoms with Crippen LogP contribution in [0, 0.1) is 0 Å². The molecule has 4 rings (SSSR count). The predicted octanol–water partition coefficient (Wildman–Crippen LogP) is 1.26. The molecule has 3 aromatic rings. The zero-order valence-electron chi connectivity index (χ0n) is 17.7. The minimum Gasteiger partial charge on any atom is -0.379 e. The number of amides is 2. The summed E-state index contributed by atoms with van der Waals surface area (Å²) in [6.07, 6.45) is 3.48. The molecule has 1 fully saturated rings. The Kier molecular flexibility index (Phi) is 6.82. The molecule has 172 valence electrons. The molecule has 1 aliphatic rings. The van der Waals surface area contributed by atoms with Gasteiger partial charge in [0.2, 0.25) is 15.9 Å². The van der Waals surface area contributed by atoms with Crippen LogP contribution < -0.4 is 10.6 Å². The average molecular weight is 470 g/mol. The summed E-state index contributed by atoms with van der Waals surface area (Å²) in [5.41, 5.74) is 1.57. The van der Waals surface area contributed by atoms with Gasteiger partial charge in [-0.1, -0.05) is 6.07 Å². The van der Waals surface area contributed by atoms with E-state index in [4.69, 9.17) is 4.74 Å². The van der Waals surface area contributed by atoms with E-state index < -0.39 is 21.8 Å². The Bertz CT molecular complexity index is 1220. The molecule has 0 aliphatic carbocycles. The number of rotatable bonds is 7. The number of carbonyl (C=O) groups is 2. The number of aromatic nitrogens is 2. The Morgan fingerprint density at radius 1 is 1.03 bits per heavy atom. The van der Waals surface area contributed by atoms with Crippen LogP contribution in [0.3, 0.4) is 0 Å². The summed E-state index contributed by atoms with van der Waals surface area (Å²) >= 11 is 0. The molecule has 0 radical (unpaired) electrons. The van der Waals surface area contributed by atoms with Crippen LogP contribution in [0.25, 0.3) is 5.69 Å². The van der Waals surface area contributed by atoms with Crippen molar-refractivity contribution in [3.05, 3.63) is 72.6 Å². The van der Waals surface area contributed by atoms with E-state index in [1.807, 2.05) is 24.4 Å². The molecule has 2 N–H and O–H groups in total. The molecule has 2 heterocycles. The van der Waals surface area contributed by atoms with E-state index in [0.29, 0.717) is 18.9 Å². The van der Waals surface area contributed by atoms with Gasteiger partial charge < -0.3 is 15.4 Å². The first kappa shape index (κ1) is 22.6. The van der Waals surface area contributed by atoms with Crippen LogP contribution in [0.5, 0.6) is 0 Å². The van der Waals surface area contributed by atoms with E-state index in [1.165, 1.54) is 28.6 Å². The van der Waals surface area contributed by atoms with Crippen LogP contribution in [0.1, 0.15) is 10.4 Å².